The molecule has 4 heteroatoms. The van der Waals surface area contributed by atoms with Crippen molar-refractivity contribution in [3.8, 4) is 11.8 Å². The van der Waals surface area contributed by atoms with Gasteiger partial charge in [-0.15, -0.1) is 0 Å². The molecule has 0 aliphatic heterocycles. The Balaban J connectivity index is 0.000000585. The van der Waals surface area contributed by atoms with Crippen LogP contribution < -0.4 is 0 Å². The van der Waals surface area contributed by atoms with Gasteiger partial charge in [-0.05, 0) is 22.7 Å². The van der Waals surface area contributed by atoms with Gasteiger partial charge in [0.15, 0.2) is 0 Å². The fraction of sp³-hybridized carbons (Fsp3) is 0.526. The molecule has 0 radical (unpaired) electrons. The van der Waals surface area contributed by atoms with Gasteiger partial charge < -0.3 is 9.84 Å². The highest BCUT2D eigenvalue weighted by molar-refractivity contribution is 6.59. The van der Waals surface area contributed by atoms with E-state index in [0.717, 1.165) is 11.1 Å². The molecule has 1 rings (SSSR count). The molecule has 1 N–H and O–H groups in total. The van der Waals surface area contributed by atoms with E-state index in [4.69, 9.17) is 5.11 Å². The van der Waals surface area contributed by atoms with Crippen molar-refractivity contribution in [1.82, 2.24) is 0 Å². The molecule has 0 heterocycles. The third-order valence-electron chi connectivity index (χ3n) is 3.70. The minimum absolute atomic E-state index is 0.0643. The number of hydrogen-bond donors (Lipinski definition) is 1. The molecule has 0 aliphatic carbocycles. The van der Waals surface area contributed by atoms with Gasteiger partial charge in [0.05, 0.1) is 20.1 Å². The summed E-state index contributed by atoms with van der Waals surface area (Å²) in [5, 5.41) is 9.22. The van der Waals surface area contributed by atoms with Crippen LogP contribution in [-0.2, 0) is 16.0 Å². The molecule has 1 aromatic carbocycles. The standard InChI is InChI=1S/C13H14O3.C6H16Si/c1-16-13(15)10-12-7-4-6-11(9-12)5-2-3-8-14;1-6(2,3)7(4)5/h4,6-7,9,14H,3,8,10H2,1H3;7H,1-5H3. The maximum absolute atomic E-state index is 11.1. The van der Waals surface area contributed by atoms with Crippen molar-refractivity contribution >= 4 is 14.8 Å². The van der Waals surface area contributed by atoms with Crippen LogP contribution in [-0.4, -0.2) is 33.6 Å². The molecule has 0 saturated carbocycles. The maximum Gasteiger partial charge on any atom is 0.309 e. The third-order valence-corrected chi connectivity index (χ3v) is 7.17. The number of ether oxygens (including phenoxy) is 1. The van der Waals surface area contributed by atoms with Gasteiger partial charge in [0.25, 0.3) is 0 Å². The number of carbonyl (C=O) groups excluding carboxylic acids is 1. The highest BCUT2D eigenvalue weighted by atomic mass is 28.3. The molecule has 0 saturated heterocycles. The quantitative estimate of drug-likeness (QED) is 0.523. The molecular weight excluding hydrogens is 304 g/mol. The Morgan fingerprint density at radius 3 is 2.39 bits per heavy atom. The SMILES string of the molecule is COC(=O)Cc1cccc(C#CCCO)c1.C[SiH](C)C(C)(C)C. The number of methoxy groups -OCH3 is 1. The lowest BCUT2D eigenvalue weighted by molar-refractivity contribution is -0.139. The van der Waals surface area contributed by atoms with Gasteiger partial charge in [0, 0.05) is 20.8 Å². The zero-order valence-electron chi connectivity index (χ0n) is 15.3. The van der Waals surface area contributed by atoms with Gasteiger partial charge in [-0.3, -0.25) is 4.79 Å². The zero-order chi connectivity index (χ0) is 17.9. The van der Waals surface area contributed by atoms with E-state index in [1.165, 1.54) is 7.11 Å². The summed E-state index contributed by atoms with van der Waals surface area (Å²) >= 11 is 0. The van der Waals surface area contributed by atoms with E-state index in [9.17, 15) is 4.79 Å². The van der Waals surface area contributed by atoms with Gasteiger partial charge in [0.2, 0.25) is 0 Å². The van der Waals surface area contributed by atoms with Gasteiger partial charge in [-0.1, -0.05) is 57.8 Å². The highest BCUT2D eigenvalue weighted by Crippen LogP contribution is 2.25. The lowest BCUT2D eigenvalue weighted by atomic mass is 10.1. The van der Waals surface area contributed by atoms with Crippen molar-refractivity contribution in [2.24, 2.45) is 0 Å². The summed E-state index contributed by atoms with van der Waals surface area (Å²) in [6, 6.07) is 7.42. The number of aliphatic hydroxyl groups is 1. The molecule has 128 valence electrons. The summed E-state index contributed by atoms with van der Waals surface area (Å²) in [4.78, 5) is 11.1. The molecule has 23 heavy (non-hydrogen) atoms. The molecule has 0 aliphatic rings. The Labute approximate surface area is 142 Å². The number of hydrogen-bond acceptors (Lipinski definition) is 3. The van der Waals surface area contributed by atoms with E-state index < -0.39 is 0 Å². The molecule has 0 fully saturated rings. The molecule has 0 aromatic heterocycles. The van der Waals surface area contributed by atoms with Crippen molar-refractivity contribution < 1.29 is 14.6 Å². The van der Waals surface area contributed by atoms with Crippen LogP contribution in [0.1, 0.15) is 38.3 Å². The fourth-order valence-corrected chi connectivity index (χ4v) is 1.22. The smallest absolute Gasteiger partial charge is 0.309 e. The van der Waals surface area contributed by atoms with Crippen LogP contribution in [0.3, 0.4) is 0 Å². The molecular formula is C19H30O3Si. The van der Waals surface area contributed by atoms with E-state index >= 15 is 0 Å². The van der Waals surface area contributed by atoms with E-state index in [2.05, 4.69) is 50.4 Å². The lowest BCUT2D eigenvalue weighted by Crippen LogP contribution is -2.16. The second-order valence-electron chi connectivity index (χ2n) is 6.75. The second-order valence-corrected chi connectivity index (χ2v) is 10.8. The third kappa shape index (κ3) is 10.7. The summed E-state index contributed by atoms with van der Waals surface area (Å²) in [7, 11) is 1.01. The Bertz CT molecular complexity index is 534. The Morgan fingerprint density at radius 1 is 1.30 bits per heavy atom. The number of carbonyl (C=O) groups is 1. The van der Waals surface area contributed by atoms with Crippen molar-refractivity contribution in [3.63, 3.8) is 0 Å². The van der Waals surface area contributed by atoms with Crippen molar-refractivity contribution in [3.05, 3.63) is 35.4 Å². The van der Waals surface area contributed by atoms with Crippen molar-refractivity contribution in [2.45, 2.75) is 51.7 Å². The predicted octanol–water partition coefficient (Wildman–Crippen LogP) is 3.41. The number of rotatable bonds is 3. The number of aliphatic hydroxyl groups excluding tert-OH is 1. The molecule has 0 spiro atoms. The van der Waals surface area contributed by atoms with Crippen molar-refractivity contribution in [2.75, 3.05) is 13.7 Å². The first-order valence-corrected chi connectivity index (χ1v) is 10.8. The topological polar surface area (TPSA) is 46.5 Å². The van der Waals surface area contributed by atoms with Crippen LogP contribution in [0.4, 0.5) is 0 Å². The first-order chi connectivity index (χ1) is 10.7. The molecule has 3 nitrogen and oxygen atoms in total. The van der Waals surface area contributed by atoms with E-state index in [0.29, 0.717) is 11.5 Å². The lowest BCUT2D eigenvalue weighted by Gasteiger charge is -2.21. The van der Waals surface area contributed by atoms with E-state index in [1.54, 1.807) is 0 Å². The normalized spacial score (nSPS) is 10.3. The van der Waals surface area contributed by atoms with Crippen LogP contribution in [0.25, 0.3) is 0 Å². The average molecular weight is 335 g/mol. The van der Waals surface area contributed by atoms with Crippen LogP contribution in [0.2, 0.25) is 18.1 Å². The first-order valence-electron chi connectivity index (χ1n) is 7.96. The number of esters is 1. The highest BCUT2D eigenvalue weighted by Gasteiger charge is 2.15. The summed E-state index contributed by atoms with van der Waals surface area (Å²) in [5.41, 5.74) is 1.72. The summed E-state index contributed by atoms with van der Waals surface area (Å²) in [6.45, 7) is 11.8. The Morgan fingerprint density at radius 2 is 1.91 bits per heavy atom. The van der Waals surface area contributed by atoms with Crippen molar-refractivity contribution in [1.29, 1.82) is 0 Å². The summed E-state index contributed by atoms with van der Waals surface area (Å²) in [5.74, 6) is 5.48. The van der Waals surface area contributed by atoms with Gasteiger partial charge in [-0.25, -0.2) is 0 Å². The van der Waals surface area contributed by atoms with Crippen LogP contribution in [0.5, 0.6) is 0 Å². The molecule has 0 unspecified atom stereocenters. The fourth-order valence-electron chi connectivity index (χ4n) is 1.22. The minimum Gasteiger partial charge on any atom is -0.469 e. The van der Waals surface area contributed by atoms with Crippen LogP contribution >= 0.6 is 0 Å². The van der Waals surface area contributed by atoms with Crippen LogP contribution in [0, 0.1) is 11.8 Å². The molecule has 1 aromatic rings. The first kappa shape index (κ1) is 21.4. The Hall–Kier alpha value is -1.57. The Kier molecular flexibility index (Phi) is 10.3. The van der Waals surface area contributed by atoms with Crippen LogP contribution in [0.15, 0.2) is 24.3 Å². The molecule has 0 bridgehead atoms. The average Bonchev–Trinajstić information content (AvgIpc) is 2.47. The molecule has 0 atom stereocenters. The second kappa shape index (κ2) is 11.0. The zero-order valence-corrected chi connectivity index (χ0v) is 16.4. The summed E-state index contributed by atoms with van der Waals surface area (Å²) < 4.78 is 4.58. The minimum atomic E-state index is -0.359. The monoisotopic (exact) mass is 334 g/mol. The molecule has 0 amide bonds. The summed E-state index contributed by atoms with van der Waals surface area (Å²) in [6.07, 6.45) is 0.716. The largest absolute Gasteiger partial charge is 0.469 e. The predicted molar refractivity (Wildman–Crippen MR) is 99.3 cm³/mol. The van der Waals surface area contributed by atoms with E-state index in [-0.39, 0.29) is 27.8 Å². The van der Waals surface area contributed by atoms with Gasteiger partial charge >= 0.3 is 5.97 Å². The number of benzene rings is 1. The van der Waals surface area contributed by atoms with E-state index in [1.807, 2.05) is 24.3 Å². The van der Waals surface area contributed by atoms with Gasteiger partial charge in [0.1, 0.15) is 0 Å². The maximum atomic E-state index is 11.1. The van der Waals surface area contributed by atoms with Gasteiger partial charge in [-0.2, -0.15) is 0 Å².